The van der Waals surface area contributed by atoms with E-state index in [4.69, 9.17) is 9.47 Å². The standard InChI is InChI=1S/C18H21NO3/c1-19(14-15-6-4-3-5-7-15)18(20)12-13-22-17-10-8-16(21-2)9-11-17/h3-11H,12-14H2,1-2H3. The van der Waals surface area contributed by atoms with Crippen LogP contribution in [0, 0.1) is 0 Å². The number of carbonyl (C=O) groups excluding carboxylic acids is 1. The van der Waals surface area contributed by atoms with E-state index >= 15 is 0 Å². The SMILES string of the molecule is COc1ccc(OCCC(=O)N(C)Cc2ccccc2)cc1. The van der Waals surface area contributed by atoms with Crippen molar-refractivity contribution in [1.29, 1.82) is 0 Å². The number of nitrogens with zero attached hydrogens (tertiary/aromatic N) is 1. The third-order valence-corrected chi connectivity index (χ3v) is 3.33. The lowest BCUT2D eigenvalue weighted by molar-refractivity contribution is -0.130. The molecule has 2 rings (SSSR count). The van der Waals surface area contributed by atoms with E-state index in [1.165, 1.54) is 0 Å². The van der Waals surface area contributed by atoms with Gasteiger partial charge in [-0.15, -0.1) is 0 Å². The predicted molar refractivity (Wildman–Crippen MR) is 86.0 cm³/mol. The Bertz CT molecular complexity index is 581. The Balaban J connectivity index is 1.74. The third kappa shape index (κ3) is 4.81. The summed E-state index contributed by atoms with van der Waals surface area (Å²) in [6.45, 7) is 0.979. The Morgan fingerprint density at radius 3 is 2.27 bits per heavy atom. The van der Waals surface area contributed by atoms with E-state index in [1.54, 1.807) is 12.0 Å². The molecule has 0 saturated heterocycles. The van der Waals surface area contributed by atoms with Crippen LogP contribution in [-0.2, 0) is 11.3 Å². The zero-order valence-electron chi connectivity index (χ0n) is 13.0. The normalized spacial score (nSPS) is 10.1. The van der Waals surface area contributed by atoms with Crippen LogP contribution in [0.4, 0.5) is 0 Å². The Hall–Kier alpha value is -2.49. The molecule has 0 atom stereocenters. The summed E-state index contributed by atoms with van der Waals surface area (Å²) in [6.07, 6.45) is 0.357. The van der Waals surface area contributed by atoms with Crippen LogP contribution in [0.15, 0.2) is 54.6 Å². The van der Waals surface area contributed by atoms with Gasteiger partial charge in [0.1, 0.15) is 11.5 Å². The lowest BCUT2D eigenvalue weighted by atomic mass is 10.2. The Morgan fingerprint density at radius 2 is 1.64 bits per heavy atom. The predicted octanol–water partition coefficient (Wildman–Crippen LogP) is 3.12. The van der Waals surface area contributed by atoms with Crippen molar-refractivity contribution in [1.82, 2.24) is 4.90 Å². The van der Waals surface area contributed by atoms with Gasteiger partial charge in [0.2, 0.25) is 5.91 Å². The van der Waals surface area contributed by atoms with Crippen molar-refractivity contribution in [2.45, 2.75) is 13.0 Å². The molecule has 2 aromatic carbocycles. The highest BCUT2D eigenvalue weighted by atomic mass is 16.5. The zero-order chi connectivity index (χ0) is 15.8. The zero-order valence-corrected chi connectivity index (χ0v) is 13.0. The molecule has 1 amide bonds. The maximum Gasteiger partial charge on any atom is 0.226 e. The second kappa shape index (κ2) is 8.08. The van der Waals surface area contributed by atoms with Gasteiger partial charge in [-0.2, -0.15) is 0 Å². The van der Waals surface area contributed by atoms with Gasteiger partial charge in [-0.1, -0.05) is 30.3 Å². The number of amides is 1. The van der Waals surface area contributed by atoms with Gasteiger partial charge in [0.15, 0.2) is 0 Å². The van der Waals surface area contributed by atoms with Gasteiger partial charge in [0.05, 0.1) is 20.1 Å². The van der Waals surface area contributed by atoms with Crippen molar-refractivity contribution in [2.24, 2.45) is 0 Å². The number of ether oxygens (including phenoxy) is 2. The summed E-state index contributed by atoms with van der Waals surface area (Å²) in [5, 5.41) is 0. The summed E-state index contributed by atoms with van der Waals surface area (Å²) in [5.41, 5.74) is 1.12. The van der Waals surface area contributed by atoms with Crippen LogP contribution in [0.2, 0.25) is 0 Å². The summed E-state index contributed by atoms with van der Waals surface area (Å²) in [6, 6.07) is 17.3. The molecule has 0 unspecified atom stereocenters. The largest absolute Gasteiger partial charge is 0.497 e. The molecular weight excluding hydrogens is 278 g/mol. The van der Waals surface area contributed by atoms with E-state index < -0.39 is 0 Å². The van der Waals surface area contributed by atoms with Gasteiger partial charge in [-0.05, 0) is 29.8 Å². The smallest absolute Gasteiger partial charge is 0.226 e. The first-order valence-electron chi connectivity index (χ1n) is 7.24. The van der Waals surface area contributed by atoms with Crippen LogP contribution in [-0.4, -0.2) is 31.6 Å². The first-order valence-corrected chi connectivity index (χ1v) is 7.24. The van der Waals surface area contributed by atoms with Gasteiger partial charge >= 0.3 is 0 Å². The van der Waals surface area contributed by atoms with E-state index in [0.29, 0.717) is 19.6 Å². The van der Waals surface area contributed by atoms with Gasteiger partial charge in [-0.3, -0.25) is 4.79 Å². The quantitative estimate of drug-likeness (QED) is 0.788. The fraction of sp³-hybridized carbons (Fsp3) is 0.278. The second-order valence-corrected chi connectivity index (χ2v) is 5.01. The first kappa shape index (κ1) is 15.9. The van der Waals surface area contributed by atoms with Crippen molar-refractivity contribution in [3.05, 3.63) is 60.2 Å². The minimum absolute atomic E-state index is 0.0670. The fourth-order valence-electron chi connectivity index (χ4n) is 2.06. The van der Waals surface area contributed by atoms with Crippen LogP contribution in [0.3, 0.4) is 0 Å². The van der Waals surface area contributed by atoms with Gasteiger partial charge in [-0.25, -0.2) is 0 Å². The average molecular weight is 299 g/mol. The maximum absolute atomic E-state index is 12.1. The fourth-order valence-corrected chi connectivity index (χ4v) is 2.06. The summed E-state index contributed by atoms with van der Waals surface area (Å²) < 4.78 is 10.7. The van der Waals surface area contributed by atoms with Crippen molar-refractivity contribution in [2.75, 3.05) is 20.8 Å². The number of hydrogen-bond donors (Lipinski definition) is 0. The molecule has 4 nitrogen and oxygen atoms in total. The van der Waals surface area contributed by atoms with E-state index in [2.05, 4.69) is 0 Å². The number of benzene rings is 2. The third-order valence-electron chi connectivity index (χ3n) is 3.33. The number of rotatable bonds is 7. The molecule has 2 aromatic rings. The number of methoxy groups -OCH3 is 1. The van der Waals surface area contributed by atoms with Gasteiger partial charge < -0.3 is 14.4 Å². The molecule has 0 saturated carbocycles. The van der Waals surface area contributed by atoms with Crippen molar-refractivity contribution in [3.8, 4) is 11.5 Å². The molecule has 0 radical (unpaired) electrons. The highest BCUT2D eigenvalue weighted by Gasteiger charge is 2.09. The summed E-state index contributed by atoms with van der Waals surface area (Å²) in [4.78, 5) is 13.8. The second-order valence-electron chi connectivity index (χ2n) is 5.01. The van der Waals surface area contributed by atoms with E-state index in [9.17, 15) is 4.79 Å². The highest BCUT2D eigenvalue weighted by molar-refractivity contribution is 5.76. The Kier molecular flexibility index (Phi) is 5.83. The van der Waals surface area contributed by atoms with Crippen molar-refractivity contribution >= 4 is 5.91 Å². The molecule has 0 aromatic heterocycles. The molecule has 4 heteroatoms. The highest BCUT2D eigenvalue weighted by Crippen LogP contribution is 2.17. The van der Waals surface area contributed by atoms with Gasteiger partial charge in [0.25, 0.3) is 0 Å². The van der Waals surface area contributed by atoms with Crippen LogP contribution in [0.5, 0.6) is 11.5 Å². The van der Waals surface area contributed by atoms with Crippen LogP contribution < -0.4 is 9.47 Å². The molecule has 22 heavy (non-hydrogen) atoms. The van der Waals surface area contributed by atoms with Crippen LogP contribution >= 0.6 is 0 Å². The molecule has 0 bridgehead atoms. The van der Waals surface area contributed by atoms with Crippen LogP contribution in [0.25, 0.3) is 0 Å². The molecule has 0 spiro atoms. The molecule has 116 valence electrons. The lowest BCUT2D eigenvalue weighted by Crippen LogP contribution is -2.27. The summed E-state index contributed by atoms with van der Waals surface area (Å²) in [7, 11) is 3.43. The molecule has 0 N–H and O–H groups in total. The lowest BCUT2D eigenvalue weighted by Gasteiger charge is -2.17. The maximum atomic E-state index is 12.1. The summed E-state index contributed by atoms with van der Waals surface area (Å²) >= 11 is 0. The first-order chi connectivity index (χ1) is 10.7. The van der Waals surface area contributed by atoms with E-state index in [1.807, 2.05) is 61.6 Å². The molecule has 0 fully saturated rings. The van der Waals surface area contributed by atoms with Crippen molar-refractivity contribution in [3.63, 3.8) is 0 Å². The minimum Gasteiger partial charge on any atom is -0.497 e. The summed E-state index contributed by atoms with van der Waals surface area (Å²) in [5.74, 6) is 1.59. The molecule has 0 aliphatic carbocycles. The topological polar surface area (TPSA) is 38.8 Å². The van der Waals surface area contributed by atoms with Crippen molar-refractivity contribution < 1.29 is 14.3 Å². The Morgan fingerprint density at radius 1 is 1.00 bits per heavy atom. The molecule has 0 aliphatic heterocycles. The van der Waals surface area contributed by atoms with E-state index in [0.717, 1.165) is 17.1 Å². The molecule has 0 heterocycles. The Labute approximate surface area is 131 Å². The van der Waals surface area contributed by atoms with Crippen LogP contribution in [0.1, 0.15) is 12.0 Å². The number of hydrogen-bond acceptors (Lipinski definition) is 3. The minimum atomic E-state index is 0.0670. The number of carbonyl (C=O) groups is 1. The van der Waals surface area contributed by atoms with E-state index in [-0.39, 0.29) is 5.91 Å². The monoisotopic (exact) mass is 299 g/mol. The average Bonchev–Trinajstić information content (AvgIpc) is 2.56. The molecular formula is C18H21NO3. The molecule has 0 aliphatic rings. The van der Waals surface area contributed by atoms with Gasteiger partial charge in [0, 0.05) is 13.6 Å².